The first kappa shape index (κ1) is 13.7. The van der Waals surface area contributed by atoms with Crippen LogP contribution in [0, 0.1) is 11.3 Å². The third-order valence-corrected chi connectivity index (χ3v) is 2.54. The molecule has 1 rings (SSSR count). The van der Waals surface area contributed by atoms with Gasteiger partial charge in [-0.1, -0.05) is 24.8 Å². The zero-order chi connectivity index (χ0) is 13.4. The molecule has 0 amide bonds. The number of ether oxygens (including phenoxy) is 1. The summed E-state index contributed by atoms with van der Waals surface area (Å²) < 4.78 is 5.55. The van der Waals surface area contributed by atoms with E-state index in [-0.39, 0.29) is 6.42 Å². The second kappa shape index (κ2) is 7.08. The summed E-state index contributed by atoms with van der Waals surface area (Å²) in [4.78, 5) is 10.5. The second-order valence-corrected chi connectivity index (χ2v) is 3.66. The Balaban J connectivity index is 2.83. The predicted octanol–water partition coefficient (Wildman–Crippen LogP) is 2.81. The Labute approximate surface area is 107 Å². The molecule has 0 bridgehead atoms. The van der Waals surface area contributed by atoms with Gasteiger partial charge in [-0.25, -0.2) is 0 Å². The number of hydrogen-bond acceptors (Lipinski definition) is 3. The SMILES string of the molecule is C=C/C(=C\C)COc1ccc(CC=O)c(C#N)c1. The molecule has 0 aliphatic heterocycles. The molecule has 92 valence electrons. The second-order valence-electron chi connectivity index (χ2n) is 3.66. The van der Waals surface area contributed by atoms with Gasteiger partial charge >= 0.3 is 0 Å². The zero-order valence-corrected chi connectivity index (χ0v) is 10.3. The van der Waals surface area contributed by atoms with Gasteiger partial charge in [-0.2, -0.15) is 5.26 Å². The highest BCUT2D eigenvalue weighted by Gasteiger charge is 2.04. The molecule has 0 radical (unpaired) electrons. The van der Waals surface area contributed by atoms with Crippen molar-refractivity contribution in [1.82, 2.24) is 0 Å². The standard InChI is InChI=1S/C15H15NO2/c1-3-12(4-2)11-18-15-6-5-13(7-8-17)14(9-15)10-16/h3-6,8-9H,1,7,11H2,2H3/b12-4+. The van der Waals surface area contributed by atoms with Crippen molar-refractivity contribution in [2.75, 3.05) is 6.61 Å². The van der Waals surface area contributed by atoms with Gasteiger partial charge in [-0.15, -0.1) is 0 Å². The van der Waals surface area contributed by atoms with Crippen molar-refractivity contribution in [3.05, 3.63) is 53.6 Å². The van der Waals surface area contributed by atoms with Crippen LogP contribution in [-0.2, 0) is 11.2 Å². The largest absolute Gasteiger partial charge is 0.489 e. The minimum absolute atomic E-state index is 0.246. The molecule has 0 aliphatic carbocycles. The van der Waals surface area contributed by atoms with E-state index in [4.69, 9.17) is 10.00 Å². The summed E-state index contributed by atoms with van der Waals surface area (Å²) in [5, 5.41) is 8.99. The van der Waals surface area contributed by atoms with Crippen LogP contribution in [0.3, 0.4) is 0 Å². The maximum atomic E-state index is 10.5. The van der Waals surface area contributed by atoms with E-state index in [1.165, 1.54) is 0 Å². The maximum absolute atomic E-state index is 10.5. The monoisotopic (exact) mass is 241 g/mol. The number of allylic oxidation sites excluding steroid dienone is 1. The highest BCUT2D eigenvalue weighted by atomic mass is 16.5. The smallest absolute Gasteiger partial charge is 0.124 e. The van der Waals surface area contributed by atoms with Crippen LogP contribution in [0.4, 0.5) is 0 Å². The number of nitrogens with zero attached hydrogens (tertiary/aromatic N) is 1. The molecule has 3 nitrogen and oxygen atoms in total. The highest BCUT2D eigenvalue weighted by Crippen LogP contribution is 2.18. The fraction of sp³-hybridized carbons (Fsp3) is 0.200. The van der Waals surface area contributed by atoms with E-state index >= 15 is 0 Å². The van der Waals surface area contributed by atoms with E-state index in [0.29, 0.717) is 17.9 Å². The van der Waals surface area contributed by atoms with Gasteiger partial charge in [0.25, 0.3) is 0 Å². The first-order chi connectivity index (χ1) is 8.74. The van der Waals surface area contributed by atoms with Crippen LogP contribution in [0.15, 0.2) is 42.5 Å². The van der Waals surface area contributed by atoms with Gasteiger partial charge in [0.15, 0.2) is 0 Å². The molecule has 0 aliphatic rings. The topological polar surface area (TPSA) is 50.1 Å². The van der Waals surface area contributed by atoms with E-state index in [0.717, 1.165) is 17.4 Å². The fourth-order valence-electron chi connectivity index (χ4n) is 1.44. The summed E-state index contributed by atoms with van der Waals surface area (Å²) >= 11 is 0. The highest BCUT2D eigenvalue weighted by molar-refractivity contribution is 5.58. The summed E-state index contributed by atoms with van der Waals surface area (Å²) in [5.74, 6) is 0.613. The molecule has 0 N–H and O–H groups in total. The van der Waals surface area contributed by atoms with E-state index in [1.807, 2.05) is 13.0 Å². The quantitative estimate of drug-likeness (QED) is 0.568. The lowest BCUT2D eigenvalue weighted by Gasteiger charge is -2.08. The molecule has 0 atom stereocenters. The van der Waals surface area contributed by atoms with Crippen molar-refractivity contribution in [1.29, 1.82) is 5.26 Å². The number of carbonyl (C=O) groups excluding carboxylic acids is 1. The minimum atomic E-state index is 0.246. The van der Waals surface area contributed by atoms with Gasteiger partial charge in [-0.3, -0.25) is 0 Å². The predicted molar refractivity (Wildman–Crippen MR) is 70.4 cm³/mol. The summed E-state index contributed by atoms with van der Waals surface area (Å²) in [6.07, 6.45) is 4.67. The van der Waals surface area contributed by atoms with Crippen molar-refractivity contribution in [3.8, 4) is 11.8 Å². The fourth-order valence-corrected chi connectivity index (χ4v) is 1.44. The summed E-state index contributed by atoms with van der Waals surface area (Å²) in [6, 6.07) is 7.21. The molecule has 0 saturated heterocycles. The van der Waals surface area contributed by atoms with Crippen LogP contribution in [0.25, 0.3) is 0 Å². The molecule has 0 unspecified atom stereocenters. The number of aldehydes is 1. The molecular weight excluding hydrogens is 226 g/mol. The molecule has 1 aromatic carbocycles. The number of nitriles is 1. The number of hydrogen-bond donors (Lipinski definition) is 0. The number of carbonyl (C=O) groups is 1. The third-order valence-electron chi connectivity index (χ3n) is 2.54. The average molecular weight is 241 g/mol. The number of benzene rings is 1. The van der Waals surface area contributed by atoms with Gasteiger partial charge in [0.05, 0.1) is 11.6 Å². The van der Waals surface area contributed by atoms with Crippen molar-refractivity contribution >= 4 is 6.29 Å². The summed E-state index contributed by atoms with van der Waals surface area (Å²) in [7, 11) is 0. The van der Waals surface area contributed by atoms with E-state index in [1.54, 1.807) is 24.3 Å². The molecule has 1 aromatic rings. The lowest BCUT2D eigenvalue weighted by Crippen LogP contribution is -2.00. The first-order valence-electron chi connectivity index (χ1n) is 5.62. The average Bonchev–Trinajstić information content (AvgIpc) is 2.41. The van der Waals surface area contributed by atoms with Gasteiger partial charge in [0.2, 0.25) is 0 Å². The maximum Gasteiger partial charge on any atom is 0.124 e. The Morgan fingerprint density at radius 1 is 1.56 bits per heavy atom. The van der Waals surface area contributed by atoms with E-state index in [9.17, 15) is 4.79 Å². The van der Waals surface area contributed by atoms with Crippen molar-refractivity contribution in [2.45, 2.75) is 13.3 Å². The number of rotatable bonds is 6. The minimum Gasteiger partial charge on any atom is -0.489 e. The Kier molecular flexibility index (Phi) is 5.40. The van der Waals surface area contributed by atoms with Crippen LogP contribution in [-0.4, -0.2) is 12.9 Å². The van der Waals surface area contributed by atoms with E-state index in [2.05, 4.69) is 12.6 Å². The molecule has 0 fully saturated rings. The van der Waals surface area contributed by atoms with Gasteiger partial charge in [0, 0.05) is 6.42 Å². The Morgan fingerprint density at radius 2 is 2.33 bits per heavy atom. The van der Waals surface area contributed by atoms with Crippen LogP contribution in [0.1, 0.15) is 18.1 Å². The van der Waals surface area contributed by atoms with Crippen LogP contribution in [0.2, 0.25) is 0 Å². The normalized spacial score (nSPS) is 10.6. The van der Waals surface area contributed by atoms with Crippen LogP contribution < -0.4 is 4.74 Å². The van der Waals surface area contributed by atoms with Crippen molar-refractivity contribution in [3.63, 3.8) is 0 Å². The van der Waals surface area contributed by atoms with Crippen molar-refractivity contribution < 1.29 is 9.53 Å². The zero-order valence-electron chi connectivity index (χ0n) is 10.3. The molecule has 18 heavy (non-hydrogen) atoms. The van der Waals surface area contributed by atoms with Gasteiger partial charge in [0.1, 0.15) is 18.6 Å². The van der Waals surface area contributed by atoms with Crippen molar-refractivity contribution in [2.24, 2.45) is 0 Å². The molecule has 0 spiro atoms. The third kappa shape index (κ3) is 3.60. The lowest BCUT2D eigenvalue weighted by atomic mass is 10.1. The van der Waals surface area contributed by atoms with Crippen LogP contribution >= 0.6 is 0 Å². The molecule has 3 heteroatoms. The van der Waals surface area contributed by atoms with E-state index < -0.39 is 0 Å². The summed E-state index contributed by atoms with van der Waals surface area (Å²) in [5.41, 5.74) is 2.17. The molecule has 0 heterocycles. The first-order valence-corrected chi connectivity index (χ1v) is 5.62. The van der Waals surface area contributed by atoms with Gasteiger partial charge < -0.3 is 9.53 Å². The Hall–Kier alpha value is -2.34. The summed E-state index contributed by atoms with van der Waals surface area (Å²) in [6.45, 7) is 6.00. The van der Waals surface area contributed by atoms with Crippen LogP contribution in [0.5, 0.6) is 5.75 Å². The lowest BCUT2D eigenvalue weighted by molar-refractivity contribution is -0.107. The Morgan fingerprint density at radius 3 is 2.89 bits per heavy atom. The van der Waals surface area contributed by atoms with Gasteiger partial charge in [-0.05, 0) is 30.2 Å². The Bertz CT molecular complexity index is 510. The molecule has 0 saturated carbocycles. The molecule has 0 aromatic heterocycles. The molecular formula is C15H15NO2.